The van der Waals surface area contributed by atoms with E-state index >= 15 is 0 Å². The molecule has 64 heteroatoms. The van der Waals surface area contributed by atoms with Crippen molar-refractivity contribution in [2.75, 3.05) is 19.8 Å². The Balaban J connectivity index is 1.63. The first kappa shape index (κ1) is 81.8. The summed E-state index contributed by atoms with van der Waals surface area (Å²) in [5.41, 5.74) is 0. The van der Waals surface area contributed by atoms with Crippen molar-refractivity contribution in [3.63, 3.8) is 0 Å². The summed E-state index contributed by atoms with van der Waals surface area (Å²) in [4.78, 5) is 25.8. The molecule has 0 amide bonds. The summed E-state index contributed by atoms with van der Waals surface area (Å²) in [5, 5.41) is 87.0. The Kier molecular flexibility index (Phi) is 26.6. The van der Waals surface area contributed by atoms with Gasteiger partial charge in [-0.2, -0.15) is 85.2 Å². The van der Waals surface area contributed by atoms with E-state index in [1.165, 1.54) is 4.72 Å². The quantitative estimate of drug-likeness (QED) is 0.0287. The molecule has 5 saturated heterocycles. The van der Waals surface area contributed by atoms with Gasteiger partial charge in [0.2, 0.25) is 0 Å². The lowest BCUT2D eigenvalue weighted by molar-refractivity contribution is -0.373. The maximum absolute atomic E-state index is 13.0. The number of carbonyl (C=O) groups is 2. The van der Waals surface area contributed by atoms with Gasteiger partial charge in [0.25, 0.3) is 0 Å². The van der Waals surface area contributed by atoms with E-state index in [0.717, 1.165) is 4.72 Å². The molecule has 0 aromatic heterocycles. The number of aliphatic carboxylic acids is 2. The Labute approximate surface area is 524 Å². The summed E-state index contributed by atoms with van der Waals surface area (Å²) >= 11 is 0. The minimum Gasteiger partial charge on any atom is -0.479 e. The van der Waals surface area contributed by atoms with Crippen LogP contribution >= 0.6 is 0 Å². The van der Waals surface area contributed by atoms with Crippen molar-refractivity contribution in [2.24, 2.45) is 0 Å². The number of rotatable bonds is 31. The maximum atomic E-state index is 13.0. The zero-order valence-electron chi connectivity index (χ0n) is 44.5. The summed E-state index contributed by atoms with van der Waals surface area (Å²) in [6.07, 6.45) is -70.8. The predicted molar refractivity (Wildman–Crippen MR) is 265 cm³/mol. The van der Waals surface area contributed by atoms with Gasteiger partial charge in [0, 0.05) is 0 Å². The highest BCUT2D eigenvalue weighted by atomic mass is 32.3. The second-order valence-corrected chi connectivity index (χ2v) is 28.7. The molecule has 55 nitrogen and oxygen atoms in total. The molecule has 0 spiro atoms. The molecule has 19 N–H and O–H groups in total. The van der Waals surface area contributed by atoms with E-state index < -0.39 is 279 Å². The predicted octanol–water partition coefficient (Wildman–Crippen LogP) is -14.2. The molecule has 5 heterocycles. The molecular weight excluding hydrogens is 1520 g/mol. The molecule has 0 bridgehead atoms. The number of ether oxygens (including phenoxy) is 9. The van der Waals surface area contributed by atoms with Crippen LogP contribution in [0.25, 0.3) is 0 Å². The third kappa shape index (κ3) is 24.2. The van der Waals surface area contributed by atoms with Crippen LogP contribution in [0, 0.1) is 0 Å². The van der Waals surface area contributed by atoms with Crippen molar-refractivity contribution in [3.05, 3.63) is 0 Å². The largest absolute Gasteiger partial charge is 0.479 e. The van der Waals surface area contributed by atoms with Gasteiger partial charge in [-0.1, -0.05) is 0 Å². The zero-order chi connectivity index (χ0) is 71.9. The minimum atomic E-state index is -6.42. The number of carboxylic acids is 2. The maximum Gasteiger partial charge on any atom is 0.397 e. The summed E-state index contributed by atoms with van der Waals surface area (Å²) in [7, 11) is -54.0. The fourth-order valence-corrected chi connectivity index (χ4v) is 13.0. The highest BCUT2D eigenvalue weighted by Crippen LogP contribution is 2.39. The van der Waals surface area contributed by atoms with E-state index in [1.54, 1.807) is 0 Å². The molecule has 25 atom stereocenters. The number of aliphatic hydroxyl groups is 6. The normalized spacial score (nSPS) is 38.0. The van der Waals surface area contributed by atoms with Crippen molar-refractivity contribution in [3.8, 4) is 0 Å². The Morgan fingerprint density at radius 3 is 1.10 bits per heavy atom. The minimum absolute atomic E-state index is 1.05. The number of hydrogen-bond donors (Lipinski definition) is 19. The van der Waals surface area contributed by atoms with E-state index in [4.69, 9.17) is 47.2 Å². The van der Waals surface area contributed by atoms with Gasteiger partial charge in [0.05, 0.1) is 19.8 Å². The third-order valence-corrected chi connectivity index (χ3v) is 16.6. The molecule has 0 radical (unpaired) electrons. The first-order valence-corrected chi connectivity index (χ1v) is 36.2. The van der Waals surface area contributed by atoms with Crippen LogP contribution in [0.15, 0.2) is 0 Å². The van der Waals surface area contributed by atoms with Gasteiger partial charge in [-0.3, -0.25) is 41.0 Å². The molecule has 0 saturated carbocycles. The Morgan fingerprint density at radius 2 is 0.660 bits per heavy atom. The number of nitrogens with one attached hydrogen (secondary N) is 2. The fraction of sp³-hybridized carbons (Fsp3) is 0.933. The second-order valence-electron chi connectivity index (χ2n) is 18.9. The van der Waals surface area contributed by atoms with Gasteiger partial charge in [0.15, 0.2) is 55.9 Å². The van der Waals surface area contributed by atoms with Crippen LogP contribution in [0.3, 0.4) is 0 Å². The Bertz CT molecular complexity index is 3740. The van der Waals surface area contributed by atoms with Crippen molar-refractivity contribution < 1.29 is 239 Å². The highest BCUT2D eigenvalue weighted by Gasteiger charge is 2.62. The Morgan fingerprint density at radius 1 is 0.319 bits per heavy atom. The molecule has 5 fully saturated rings. The lowest BCUT2D eigenvalue weighted by atomic mass is 9.94. The number of aliphatic hydroxyl groups excluding tert-OH is 6. The molecule has 0 aliphatic carbocycles. The van der Waals surface area contributed by atoms with Gasteiger partial charge in [-0.15, -0.1) is 0 Å². The van der Waals surface area contributed by atoms with Crippen molar-refractivity contribution in [2.45, 2.75) is 153 Å². The molecule has 94 heavy (non-hydrogen) atoms. The van der Waals surface area contributed by atoms with Crippen molar-refractivity contribution >= 4 is 105 Å². The molecule has 0 aromatic rings. The van der Waals surface area contributed by atoms with Crippen LogP contribution in [-0.2, 0) is 175 Å². The lowest BCUT2D eigenvalue weighted by Gasteiger charge is -2.50. The van der Waals surface area contributed by atoms with E-state index in [1.807, 2.05) is 0 Å². The summed E-state index contributed by atoms with van der Waals surface area (Å²) < 4.78 is 381. The molecule has 5 rings (SSSR count). The van der Waals surface area contributed by atoms with Crippen LogP contribution in [0.4, 0.5) is 0 Å². The number of hydrogen-bond acceptors (Lipinski definition) is 42. The summed E-state index contributed by atoms with van der Waals surface area (Å²) in [5.74, 6) is -5.08. The van der Waals surface area contributed by atoms with Crippen LogP contribution in [-0.4, -0.2) is 343 Å². The molecule has 5 aliphatic heterocycles. The van der Waals surface area contributed by atoms with Crippen LogP contribution in [0.1, 0.15) is 0 Å². The Hall–Kier alpha value is -2.83. The van der Waals surface area contributed by atoms with Gasteiger partial charge >= 0.3 is 105 Å². The average molecular weight is 1580 g/mol. The summed E-state index contributed by atoms with van der Waals surface area (Å²) in [6, 6.07) is -5.94. The van der Waals surface area contributed by atoms with E-state index in [-0.39, 0.29) is 0 Å². The smallest absolute Gasteiger partial charge is 0.397 e. The SMILES string of the molecule is O=C(O)[C@H]1O[C@@H](O[C@H]2[C@H](OS(=O)(=O)O)[C@@H](NS(=O)(=O)O)[C@@H](O[C@H]3[C@H](O)[C@@H](OS(=O)(=O)O)[C@H](O[C@H]4[C@H](OS(=O)(=O)O)[C@@H](OS(=O)(=O)O)[C@@H](O)O[C@@H]4COS(=O)(=O)O)O[C@H]3C(=O)O)O[C@@H]2COS(=O)(=O)O)[C@H](O)[C@@H](O)[C@@H]1O[C@H]1O[C@H](COS(=O)(=O)O)[C@@H](O)[C@H](O)[C@H]1NS(=O)(=O)O. The van der Waals surface area contributed by atoms with E-state index in [0.29, 0.717) is 0 Å². The van der Waals surface area contributed by atoms with Crippen LogP contribution in [0.2, 0.25) is 0 Å². The van der Waals surface area contributed by atoms with Crippen LogP contribution in [0.5, 0.6) is 0 Å². The summed E-state index contributed by atoms with van der Waals surface area (Å²) in [6.45, 7) is -5.46. The zero-order valence-corrected chi connectivity index (χ0v) is 51.9. The number of carboxylic acid groups (broad SMARTS) is 2. The first-order valence-electron chi connectivity index (χ1n) is 23.7. The van der Waals surface area contributed by atoms with E-state index in [9.17, 15) is 163 Å². The molecule has 0 unspecified atom stereocenters. The topological polar surface area (TPSA) is 857 Å². The van der Waals surface area contributed by atoms with Gasteiger partial charge in [-0.25, -0.2) is 38.9 Å². The molecule has 5 aliphatic rings. The third-order valence-electron chi connectivity index (χ3n) is 12.3. The van der Waals surface area contributed by atoms with Crippen LogP contribution < -0.4 is 9.44 Å². The monoisotopic (exact) mass is 1570 g/mol. The average Bonchev–Trinajstić information content (AvgIpc) is 0.764. The second kappa shape index (κ2) is 30.6. The first-order chi connectivity index (χ1) is 42.3. The molecule has 0 aromatic carbocycles. The van der Waals surface area contributed by atoms with E-state index in [2.05, 4.69) is 29.3 Å². The highest BCUT2D eigenvalue weighted by molar-refractivity contribution is 7.84. The fourth-order valence-electron chi connectivity index (χ4n) is 8.95. The van der Waals surface area contributed by atoms with Crippen molar-refractivity contribution in [1.82, 2.24) is 9.44 Å². The van der Waals surface area contributed by atoms with Gasteiger partial charge in [0.1, 0.15) is 97.5 Å². The van der Waals surface area contributed by atoms with Gasteiger partial charge < -0.3 is 83.5 Å². The lowest BCUT2D eigenvalue weighted by Crippen LogP contribution is -2.71. The van der Waals surface area contributed by atoms with Crippen molar-refractivity contribution in [1.29, 1.82) is 0 Å². The molecular formula is C30H50N2O53S9. The van der Waals surface area contributed by atoms with Gasteiger partial charge in [-0.05, 0) is 0 Å². The standard InChI is InChI=1S/C30H50N2O53S9/c33-9-4(1-70-88(49,50)51)74-27(7(10(9)34)31-86(43,44)45)78-17-11(35)12(36)29(80-21(17)24(38)39)76-14-6(3-72-90(55,56)57)75-28(8(32-87(46,47)48)16(14)82-91(58,59)60)79-18-13(37)19(83-92(61,62)63)30(81-22(18)25(40)41)77-15-5(2-71-89(52,53)54)73-26(42)23(85-94(67,68)69)20(15)84-93(64,65)66/h4-23,26-37,42H,1-3H2,(H,38,39)(H,40,41)(H,43,44,45)(H,46,47,48)(H,49,50,51)(H,52,53,54)(H,55,56,57)(H,58,59,60)(H,61,62,63)(H,64,65,66)(H,67,68,69)/t4-,5-,6-,7-,8-,9-,10-,11-,12-,13+,14-,15-,16-,17+,18+,19-,20+,21+,22-,23-,26+,27-,28-,29-,30-/m1/s1. The molecule has 552 valence electrons.